The average Bonchev–Trinajstić information content (AvgIpc) is 3.60. The quantitative estimate of drug-likeness (QED) is 0.143. The highest BCUT2D eigenvalue weighted by molar-refractivity contribution is 7.99. The summed E-state index contributed by atoms with van der Waals surface area (Å²) in [6.07, 6.45) is -7.36. The minimum Gasteiger partial charge on any atom is -0.381 e. The maximum atomic E-state index is 13.7. The summed E-state index contributed by atoms with van der Waals surface area (Å²) in [5.41, 5.74) is -1.89. The number of benzene rings is 2. The fourth-order valence-corrected chi connectivity index (χ4v) is 5.81. The van der Waals surface area contributed by atoms with Crippen LogP contribution in [0.1, 0.15) is 56.7 Å². The minimum atomic E-state index is -4.45. The van der Waals surface area contributed by atoms with E-state index in [1.54, 1.807) is 19.9 Å². The molecule has 0 spiro atoms. The van der Waals surface area contributed by atoms with E-state index in [9.17, 15) is 31.1 Å². The molecule has 1 saturated carbocycles. The maximum absolute atomic E-state index is 13.7. The van der Waals surface area contributed by atoms with Gasteiger partial charge in [-0.3, -0.25) is 0 Å². The van der Waals surface area contributed by atoms with Gasteiger partial charge in [0.25, 0.3) is 0 Å². The summed E-state index contributed by atoms with van der Waals surface area (Å²) in [5.74, 6) is 0.830. The van der Waals surface area contributed by atoms with Crippen LogP contribution >= 0.6 is 23.5 Å². The molecular weight excluding hydrogens is 546 g/mol. The molecule has 2 aromatic carbocycles. The van der Waals surface area contributed by atoms with Crippen molar-refractivity contribution in [3.05, 3.63) is 59.2 Å². The smallest absolute Gasteiger partial charge is 0.381 e. The van der Waals surface area contributed by atoms with Crippen molar-refractivity contribution in [2.45, 2.75) is 62.2 Å². The van der Waals surface area contributed by atoms with Crippen molar-refractivity contribution >= 4 is 29.8 Å². The lowest BCUT2D eigenvalue weighted by molar-refractivity contribution is -0.138. The van der Waals surface area contributed by atoms with Gasteiger partial charge < -0.3 is 9.53 Å². The van der Waals surface area contributed by atoms with E-state index in [2.05, 4.69) is 0 Å². The van der Waals surface area contributed by atoms with Crippen LogP contribution in [0.25, 0.3) is 0 Å². The Bertz CT molecular complexity index is 1090. The summed E-state index contributed by atoms with van der Waals surface area (Å²) in [4.78, 5) is 12.6. The molecule has 2 nitrogen and oxygen atoms in total. The zero-order valence-electron chi connectivity index (χ0n) is 21.7. The van der Waals surface area contributed by atoms with Crippen molar-refractivity contribution < 1.29 is 35.9 Å². The fourth-order valence-electron chi connectivity index (χ4n) is 3.86. The van der Waals surface area contributed by atoms with E-state index in [1.165, 1.54) is 41.7 Å². The molecule has 3 rings (SSSR count). The Hall–Kier alpha value is -1.65. The molecule has 0 N–H and O–H groups in total. The molecule has 1 fully saturated rings. The van der Waals surface area contributed by atoms with E-state index < -0.39 is 28.9 Å². The van der Waals surface area contributed by atoms with E-state index in [1.807, 2.05) is 13.8 Å². The highest BCUT2D eigenvalue weighted by Gasteiger charge is 2.44. The van der Waals surface area contributed by atoms with Gasteiger partial charge in [0, 0.05) is 26.7 Å². The van der Waals surface area contributed by atoms with E-state index >= 15 is 0 Å². The van der Waals surface area contributed by atoms with Crippen LogP contribution in [-0.2, 0) is 21.9 Å². The van der Waals surface area contributed by atoms with Crippen molar-refractivity contribution in [2.24, 2.45) is 16.7 Å². The van der Waals surface area contributed by atoms with Crippen molar-refractivity contribution in [1.29, 1.82) is 0 Å². The third-order valence-corrected chi connectivity index (χ3v) is 9.22. The van der Waals surface area contributed by atoms with Gasteiger partial charge in [0.2, 0.25) is 0 Å². The number of thioether (sulfide) groups is 2. The molecule has 0 amide bonds. The molecule has 0 aromatic heterocycles. The van der Waals surface area contributed by atoms with E-state index in [-0.39, 0.29) is 22.8 Å². The maximum Gasteiger partial charge on any atom is 0.416 e. The Morgan fingerprint density at radius 2 is 1.47 bits per heavy atom. The predicted molar refractivity (Wildman–Crippen MR) is 140 cm³/mol. The molecule has 0 aliphatic heterocycles. The molecule has 38 heavy (non-hydrogen) atoms. The van der Waals surface area contributed by atoms with Gasteiger partial charge in [-0.05, 0) is 71.7 Å². The number of rotatable bonds is 12. The van der Waals surface area contributed by atoms with Crippen LogP contribution in [0, 0.1) is 16.7 Å². The lowest BCUT2D eigenvalue weighted by Gasteiger charge is -2.24. The number of hydrogen-bond acceptors (Lipinski definition) is 4. The van der Waals surface area contributed by atoms with Crippen LogP contribution < -0.4 is 0 Å². The van der Waals surface area contributed by atoms with Gasteiger partial charge in [-0.2, -0.15) is 26.3 Å². The van der Waals surface area contributed by atoms with Crippen LogP contribution in [-0.4, -0.2) is 31.0 Å². The second kappa shape index (κ2) is 11.8. The molecule has 2 atom stereocenters. The van der Waals surface area contributed by atoms with Gasteiger partial charge in [-0.25, -0.2) is 0 Å². The van der Waals surface area contributed by atoms with E-state index in [4.69, 9.17) is 4.74 Å². The van der Waals surface area contributed by atoms with Crippen molar-refractivity contribution in [3.63, 3.8) is 0 Å². The zero-order valence-corrected chi connectivity index (χ0v) is 23.3. The number of carbonyl (C=O) groups is 1. The van der Waals surface area contributed by atoms with Gasteiger partial charge >= 0.3 is 12.4 Å². The normalized spacial score (nSPS) is 18.5. The first-order valence-electron chi connectivity index (χ1n) is 12.2. The van der Waals surface area contributed by atoms with Crippen molar-refractivity contribution in [3.8, 4) is 0 Å². The van der Waals surface area contributed by atoms with Crippen LogP contribution in [0.3, 0.4) is 0 Å². The molecule has 2 aromatic rings. The van der Waals surface area contributed by atoms with Gasteiger partial charge in [0.1, 0.15) is 6.29 Å². The summed E-state index contributed by atoms with van der Waals surface area (Å²) in [7, 11) is 0. The second-order valence-corrected chi connectivity index (χ2v) is 13.3. The largest absolute Gasteiger partial charge is 0.416 e. The first-order valence-corrected chi connectivity index (χ1v) is 14.2. The van der Waals surface area contributed by atoms with Crippen LogP contribution in [0.2, 0.25) is 0 Å². The number of alkyl halides is 6. The number of carbonyl (C=O) groups excluding carboxylic acids is 1. The van der Waals surface area contributed by atoms with Crippen LogP contribution in [0.15, 0.2) is 52.3 Å². The summed E-state index contributed by atoms with van der Waals surface area (Å²) in [6.45, 7) is 8.26. The lowest BCUT2D eigenvalue weighted by Crippen LogP contribution is -2.23. The fraction of sp³-hybridized carbons (Fsp3) is 0.536. The first kappa shape index (κ1) is 30.9. The summed E-state index contributed by atoms with van der Waals surface area (Å²) >= 11 is 2.81. The molecule has 1 aliphatic carbocycles. The minimum absolute atomic E-state index is 0.0128. The standard InChI is InChI=1S/C28H32F6O2S2/c1-25(2,14-35)16-38-21-9-10-24(28(32,33)34)23(12-21)22-11-18(22)13-36-15-26(3,4)17-37-20-7-5-19(6-8-20)27(29,30)31/h5-10,12,14,18,22H,11,13,15-17H2,1-4H3/t18?,22-/m0/s1. The van der Waals surface area contributed by atoms with Crippen molar-refractivity contribution in [1.82, 2.24) is 0 Å². The van der Waals surface area contributed by atoms with Crippen LogP contribution in [0.5, 0.6) is 0 Å². The molecule has 10 heteroatoms. The number of halogens is 6. The molecule has 0 bridgehead atoms. The SMILES string of the molecule is CC(C)(C=O)CSc1ccc(C(F)(F)F)c([C@H]2CC2COCC(C)(C)CSc2ccc(C(F)(F)F)cc2)c1. The number of aldehydes is 1. The molecule has 1 unspecified atom stereocenters. The van der Waals surface area contributed by atoms with Gasteiger partial charge in [0.05, 0.1) is 24.3 Å². The van der Waals surface area contributed by atoms with Gasteiger partial charge in [-0.15, -0.1) is 23.5 Å². The Kier molecular flexibility index (Phi) is 9.62. The molecule has 0 saturated heterocycles. The molecule has 0 heterocycles. The van der Waals surface area contributed by atoms with E-state index in [0.717, 1.165) is 29.4 Å². The van der Waals surface area contributed by atoms with E-state index in [0.29, 0.717) is 36.0 Å². The monoisotopic (exact) mass is 578 g/mol. The predicted octanol–water partition coefficient (Wildman–Crippen LogP) is 8.98. The second-order valence-electron chi connectivity index (χ2n) is 11.2. The Morgan fingerprint density at radius 3 is 2.05 bits per heavy atom. The molecule has 1 aliphatic rings. The highest BCUT2D eigenvalue weighted by atomic mass is 32.2. The lowest BCUT2D eigenvalue weighted by atomic mass is 9.98. The number of hydrogen-bond donors (Lipinski definition) is 0. The summed E-state index contributed by atoms with van der Waals surface area (Å²) in [5, 5.41) is 0. The Morgan fingerprint density at radius 1 is 0.868 bits per heavy atom. The third-order valence-electron chi connectivity index (χ3n) is 6.22. The molecular formula is C28H32F6O2S2. The van der Waals surface area contributed by atoms with Crippen molar-refractivity contribution in [2.75, 3.05) is 24.7 Å². The zero-order chi connectivity index (χ0) is 28.4. The van der Waals surface area contributed by atoms with Gasteiger partial charge in [-0.1, -0.05) is 27.7 Å². The Labute approximate surface area is 228 Å². The molecule has 210 valence electrons. The topological polar surface area (TPSA) is 26.3 Å². The summed E-state index contributed by atoms with van der Waals surface area (Å²) < 4.78 is 85.2. The Balaban J connectivity index is 1.54. The first-order chi connectivity index (χ1) is 17.5. The third kappa shape index (κ3) is 8.95. The number of ether oxygens (including phenoxy) is 1. The average molecular weight is 579 g/mol. The molecule has 0 radical (unpaired) electrons. The van der Waals surface area contributed by atoms with Crippen LogP contribution in [0.4, 0.5) is 26.3 Å². The van der Waals surface area contributed by atoms with Gasteiger partial charge in [0.15, 0.2) is 0 Å². The highest BCUT2D eigenvalue weighted by Crippen LogP contribution is 2.52. The summed E-state index contributed by atoms with van der Waals surface area (Å²) in [6, 6.07) is 9.21.